The normalized spacial score (nSPS) is 17.1. The fourth-order valence-corrected chi connectivity index (χ4v) is 5.36. The van der Waals surface area contributed by atoms with Crippen molar-refractivity contribution in [3.8, 4) is 0 Å². The SMILES string of the molecule is CN1CCC[C@@H]1Cc1cn(S(=O)(=O)c2cccc(Cl)c2)c2cccnc12.O=CO. The predicted molar refractivity (Wildman–Crippen MR) is 112 cm³/mol. The molecule has 4 rings (SSSR count). The highest BCUT2D eigenvalue weighted by molar-refractivity contribution is 7.90. The molecule has 1 aromatic carbocycles. The second kappa shape index (κ2) is 8.94. The van der Waals surface area contributed by atoms with Gasteiger partial charge in [0.25, 0.3) is 16.5 Å². The quantitative estimate of drug-likeness (QED) is 0.632. The van der Waals surface area contributed by atoms with E-state index in [2.05, 4.69) is 16.9 Å². The lowest BCUT2D eigenvalue weighted by atomic mass is 10.1. The molecule has 0 unspecified atom stereocenters. The molecule has 0 spiro atoms. The van der Waals surface area contributed by atoms with E-state index in [9.17, 15) is 8.42 Å². The topological polar surface area (TPSA) is 92.5 Å². The largest absolute Gasteiger partial charge is 0.483 e. The van der Waals surface area contributed by atoms with Crippen LogP contribution in [0.15, 0.2) is 53.7 Å². The van der Waals surface area contributed by atoms with E-state index in [4.69, 9.17) is 21.5 Å². The van der Waals surface area contributed by atoms with Gasteiger partial charge in [-0.05, 0) is 68.8 Å². The number of rotatable bonds is 4. The van der Waals surface area contributed by atoms with Gasteiger partial charge in [-0.3, -0.25) is 9.78 Å². The van der Waals surface area contributed by atoms with Crippen LogP contribution in [-0.4, -0.2) is 53.5 Å². The van der Waals surface area contributed by atoms with Gasteiger partial charge in [0.15, 0.2) is 0 Å². The molecular formula is C20H22ClN3O4S. The van der Waals surface area contributed by atoms with E-state index in [0.717, 1.165) is 30.5 Å². The van der Waals surface area contributed by atoms with Crippen molar-refractivity contribution in [3.63, 3.8) is 0 Å². The molecule has 7 nitrogen and oxygen atoms in total. The molecule has 29 heavy (non-hydrogen) atoms. The molecule has 3 aromatic rings. The van der Waals surface area contributed by atoms with Crippen molar-refractivity contribution in [1.29, 1.82) is 0 Å². The summed E-state index contributed by atoms with van der Waals surface area (Å²) in [5, 5.41) is 7.29. The van der Waals surface area contributed by atoms with Crippen LogP contribution >= 0.6 is 11.6 Å². The van der Waals surface area contributed by atoms with Gasteiger partial charge in [-0.2, -0.15) is 0 Å². The van der Waals surface area contributed by atoms with Crippen LogP contribution in [-0.2, 0) is 21.2 Å². The molecular weight excluding hydrogens is 414 g/mol. The van der Waals surface area contributed by atoms with Crippen LogP contribution in [0.4, 0.5) is 0 Å². The summed E-state index contributed by atoms with van der Waals surface area (Å²) < 4.78 is 27.7. The van der Waals surface area contributed by atoms with Crippen molar-refractivity contribution in [2.45, 2.75) is 30.2 Å². The van der Waals surface area contributed by atoms with Crippen LogP contribution in [0.2, 0.25) is 5.02 Å². The second-order valence-electron chi connectivity index (χ2n) is 6.87. The average Bonchev–Trinajstić information content (AvgIpc) is 3.27. The van der Waals surface area contributed by atoms with Crippen molar-refractivity contribution in [2.75, 3.05) is 13.6 Å². The van der Waals surface area contributed by atoms with E-state index < -0.39 is 10.0 Å². The summed E-state index contributed by atoms with van der Waals surface area (Å²) in [6.45, 7) is 0.831. The van der Waals surface area contributed by atoms with Gasteiger partial charge in [-0.1, -0.05) is 17.7 Å². The summed E-state index contributed by atoms with van der Waals surface area (Å²) in [7, 11) is -1.62. The van der Waals surface area contributed by atoms with E-state index in [1.165, 1.54) is 16.5 Å². The number of benzene rings is 1. The first kappa shape index (κ1) is 21.3. The van der Waals surface area contributed by atoms with Crippen LogP contribution in [0.5, 0.6) is 0 Å². The van der Waals surface area contributed by atoms with Crippen LogP contribution < -0.4 is 0 Å². The summed E-state index contributed by atoms with van der Waals surface area (Å²) in [4.78, 5) is 15.3. The van der Waals surface area contributed by atoms with Crippen LogP contribution in [0.1, 0.15) is 18.4 Å². The Morgan fingerprint density at radius 1 is 1.31 bits per heavy atom. The number of pyridine rings is 1. The molecule has 1 aliphatic heterocycles. The molecule has 0 saturated carbocycles. The number of carbonyl (C=O) groups is 1. The number of fused-ring (bicyclic) bond motifs is 1. The molecule has 1 fully saturated rings. The van der Waals surface area contributed by atoms with Gasteiger partial charge in [0.1, 0.15) is 0 Å². The van der Waals surface area contributed by atoms with Crippen molar-refractivity contribution in [3.05, 3.63) is 59.4 Å². The summed E-state index contributed by atoms with van der Waals surface area (Å²) >= 11 is 6.00. The van der Waals surface area contributed by atoms with Gasteiger partial charge in [0, 0.05) is 23.5 Å². The Balaban J connectivity index is 0.000000755. The van der Waals surface area contributed by atoms with Gasteiger partial charge in [0.2, 0.25) is 0 Å². The number of halogens is 1. The molecule has 154 valence electrons. The van der Waals surface area contributed by atoms with Crippen LogP contribution in [0, 0.1) is 0 Å². The van der Waals surface area contributed by atoms with Gasteiger partial charge < -0.3 is 10.0 Å². The number of likely N-dealkylation sites (N-methyl/N-ethyl adjacent to an activating group) is 1. The number of hydrogen-bond acceptors (Lipinski definition) is 5. The van der Waals surface area contributed by atoms with E-state index >= 15 is 0 Å². The summed E-state index contributed by atoms with van der Waals surface area (Å²) in [6.07, 6.45) is 6.52. The van der Waals surface area contributed by atoms with Gasteiger partial charge >= 0.3 is 0 Å². The zero-order valence-corrected chi connectivity index (χ0v) is 17.5. The number of likely N-dealkylation sites (tertiary alicyclic amines) is 1. The molecule has 1 aliphatic rings. The lowest BCUT2D eigenvalue weighted by Gasteiger charge is -2.18. The maximum absolute atomic E-state index is 13.2. The minimum absolute atomic E-state index is 0.176. The van der Waals surface area contributed by atoms with E-state index in [1.54, 1.807) is 42.7 Å². The van der Waals surface area contributed by atoms with Crippen molar-refractivity contribution in [1.82, 2.24) is 13.9 Å². The third kappa shape index (κ3) is 4.44. The molecule has 1 atom stereocenters. The zero-order valence-electron chi connectivity index (χ0n) is 15.9. The average molecular weight is 436 g/mol. The summed E-state index contributed by atoms with van der Waals surface area (Å²) in [6, 6.07) is 10.3. The summed E-state index contributed by atoms with van der Waals surface area (Å²) in [5.41, 5.74) is 2.31. The lowest BCUT2D eigenvalue weighted by molar-refractivity contribution is -0.122. The number of nitrogens with zero attached hydrogens (tertiary/aromatic N) is 3. The molecule has 9 heteroatoms. The fourth-order valence-electron chi connectivity index (χ4n) is 3.67. The van der Waals surface area contributed by atoms with Crippen LogP contribution in [0.3, 0.4) is 0 Å². The van der Waals surface area contributed by atoms with Crippen LogP contribution in [0.25, 0.3) is 11.0 Å². The third-order valence-electron chi connectivity index (χ3n) is 5.08. The molecule has 0 amide bonds. The molecule has 2 aromatic heterocycles. The monoisotopic (exact) mass is 435 g/mol. The van der Waals surface area contributed by atoms with E-state index in [1.807, 2.05) is 0 Å². The molecule has 0 radical (unpaired) electrons. The Kier molecular flexibility index (Phi) is 6.56. The molecule has 1 saturated heterocycles. The van der Waals surface area contributed by atoms with Gasteiger partial charge in [-0.25, -0.2) is 12.4 Å². The molecule has 0 bridgehead atoms. The maximum atomic E-state index is 13.2. The van der Waals surface area contributed by atoms with Crippen molar-refractivity contribution in [2.24, 2.45) is 0 Å². The minimum atomic E-state index is -3.74. The smallest absolute Gasteiger partial charge is 0.290 e. The van der Waals surface area contributed by atoms with Crippen molar-refractivity contribution < 1.29 is 18.3 Å². The predicted octanol–water partition coefficient (Wildman–Crippen LogP) is 3.26. The Bertz CT molecular complexity index is 1110. The standard InChI is InChI=1S/C19H20ClN3O2S.CH2O2/c1-22-10-4-6-16(22)11-14-13-23(18-8-3-9-21-19(14)18)26(24,25)17-7-2-5-15(20)12-17;2-1-3/h2-3,5,7-9,12-13,16H,4,6,10-11H2,1H3;1H,(H,2,3)/t16-;/m1./s1. The summed E-state index contributed by atoms with van der Waals surface area (Å²) in [5.74, 6) is 0. The first-order valence-corrected chi connectivity index (χ1v) is 10.9. The third-order valence-corrected chi connectivity index (χ3v) is 6.99. The van der Waals surface area contributed by atoms with E-state index in [0.29, 0.717) is 16.6 Å². The van der Waals surface area contributed by atoms with Gasteiger partial charge in [0.05, 0.1) is 15.9 Å². The number of hydrogen-bond donors (Lipinski definition) is 1. The van der Waals surface area contributed by atoms with E-state index in [-0.39, 0.29) is 11.4 Å². The minimum Gasteiger partial charge on any atom is -0.483 e. The Labute approximate surface area is 174 Å². The molecule has 1 N–H and O–H groups in total. The first-order chi connectivity index (χ1) is 13.9. The number of aromatic nitrogens is 2. The molecule has 0 aliphatic carbocycles. The second-order valence-corrected chi connectivity index (χ2v) is 9.12. The number of carboxylic acid groups (broad SMARTS) is 1. The Morgan fingerprint density at radius 3 is 2.72 bits per heavy atom. The zero-order chi connectivity index (χ0) is 21.0. The Morgan fingerprint density at radius 2 is 2.07 bits per heavy atom. The Hall–Kier alpha value is -2.42. The molecule has 3 heterocycles. The highest BCUT2D eigenvalue weighted by atomic mass is 35.5. The maximum Gasteiger partial charge on any atom is 0.290 e. The highest BCUT2D eigenvalue weighted by Gasteiger charge is 2.26. The first-order valence-electron chi connectivity index (χ1n) is 9.12. The van der Waals surface area contributed by atoms with Gasteiger partial charge in [-0.15, -0.1) is 0 Å². The van der Waals surface area contributed by atoms with Crippen molar-refractivity contribution >= 4 is 39.1 Å². The highest BCUT2D eigenvalue weighted by Crippen LogP contribution is 2.28. The lowest BCUT2D eigenvalue weighted by Crippen LogP contribution is -2.26. The fraction of sp³-hybridized carbons (Fsp3) is 0.300.